The van der Waals surface area contributed by atoms with Gasteiger partial charge in [-0.3, -0.25) is 0 Å². The summed E-state index contributed by atoms with van der Waals surface area (Å²) < 4.78 is 6.01. The number of benzene rings is 5. The molecule has 0 aliphatic carbocycles. The van der Waals surface area contributed by atoms with Gasteiger partial charge in [-0.05, 0) is 50.9 Å². The summed E-state index contributed by atoms with van der Waals surface area (Å²) in [6.07, 6.45) is 0. The van der Waals surface area contributed by atoms with E-state index in [-0.39, 0.29) is 11.8 Å². The number of hydrogen-bond donors (Lipinski definition) is 1. The van der Waals surface area contributed by atoms with E-state index in [0.29, 0.717) is 12.5 Å². The Labute approximate surface area is 186 Å². The van der Waals surface area contributed by atoms with E-state index in [0.717, 1.165) is 43.8 Å². The van der Waals surface area contributed by atoms with Gasteiger partial charge in [-0.2, -0.15) is 0 Å². The zero-order valence-corrected chi connectivity index (χ0v) is 17.4. The number of rotatable bonds is 3. The van der Waals surface area contributed by atoms with Crippen molar-refractivity contribution in [2.75, 3.05) is 6.61 Å². The second kappa shape index (κ2) is 7.54. The first kappa shape index (κ1) is 18.6. The van der Waals surface area contributed by atoms with Crippen molar-refractivity contribution in [3.63, 3.8) is 0 Å². The van der Waals surface area contributed by atoms with Gasteiger partial charge in [-0.15, -0.1) is 0 Å². The summed E-state index contributed by atoms with van der Waals surface area (Å²) >= 11 is 0. The number of hydrogen-bond acceptors (Lipinski definition) is 3. The van der Waals surface area contributed by atoms with Gasteiger partial charge in [0.05, 0.1) is 0 Å². The Balaban J connectivity index is 1.62. The van der Waals surface area contributed by atoms with E-state index in [9.17, 15) is 5.11 Å². The number of ether oxygens (including phenoxy) is 1. The molecule has 5 aromatic carbocycles. The van der Waals surface area contributed by atoms with Crippen LogP contribution in [-0.2, 0) is 4.74 Å². The lowest BCUT2D eigenvalue weighted by Crippen LogP contribution is -2.02. The average molecular weight is 415 g/mol. The van der Waals surface area contributed by atoms with E-state index in [1.54, 1.807) is 6.07 Å². The summed E-state index contributed by atoms with van der Waals surface area (Å²) in [5.41, 5.74) is 3.90. The quantitative estimate of drug-likeness (QED) is 0.349. The van der Waals surface area contributed by atoms with Crippen LogP contribution in [0.4, 0.5) is 0 Å². The lowest BCUT2D eigenvalue weighted by Gasteiger charge is -2.18. The minimum absolute atomic E-state index is 0.150. The van der Waals surface area contributed by atoms with Crippen molar-refractivity contribution in [2.24, 2.45) is 4.99 Å². The first-order valence-corrected chi connectivity index (χ1v) is 10.8. The second-order valence-corrected chi connectivity index (χ2v) is 8.06. The lowest BCUT2D eigenvalue weighted by molar-refractivity contribution is 0.320. The summed E-state index contributed by atoms with van der Waals surface area (Å²) in [5.74, 6) is 0.935. The van der Waals surface area contributed by atoms with E-state index >= 15 is 0 Å². The zero-order valence-electron chi connectivity index (χ0n) is 17.4. The number of nitrogens with zero attached hydrogens (tertiary/aromatic N) is 1. The first-order valence-electron chi connectivity index (χ1n) is 10.8. The third-order valence-electron chi connectivity index (χ3n) is 6.15. The number of fused-ring (bicyclic) bond motifs is 2. The number of aromatic hydroxyl groups is 1. The van der Waals surface area contributed by atoms with E-state index in [2.05, 4.69) is 36.4 Å². The summed E-state index contributed by atoms with van der Waals surface area (Å²) in [5, 5.41) is 15.4. The van der Waals surface area contributed by atoms with E-state index in [1.807, 2.05) is 60.7 Å². The molecule has 1 aliphatic heterocycles. The molecule has 0 amide bonds. The molecule has 1 heterocycles. The fourth-order valence-electron chi connectivity index (χ4n) is 4.64. The number of phenols is 1. The maximum Gasteiger partial charge on any atom is 0.216 e. The molecule has 1 N–H and O–H groups in total. The monoisotopic (exact) mass is 415 g/mol. The minimum Gasteiger partial charge on any atom is -0.507 e. The number of phenolic OH excluding ortho intramolecular Hbond substituents is 1. The largest absolute Gasteiger partial charge is 0.507 e. The lowest BCUT2D eigenvalue weighted by atomic mass is 9.87. The molecular weight excluding hydrogens is 394 g/mol. The number of aliphatic imine (C=N–C) groups is 1. The Morgan fingerprint density at radius 2 is 1.28 bits per heavy atom. The summed E-state index contributed by atoms with van der Waals surface area (Å²) in [6.45, 7) is 0.473. The Kier molecular flexibility index (Phi) is 4.39. The molecule has 0 unspecified atom stereocenters. The molecule has 0 saturated heterocycles. The zero-order chi connectivity index (χ0) is 21.5. The molecule has 3 heteroatoms. The molecule has 0 saturated carbocycles. The fraction of sp³-hybridized carbons (Fsp3) is 0.0690. The van der Waals surface area contributed by atoms with Crippen molar-refractivity contribution >= 4 is 27.4 Å². The van der Waals surface area contributed by atoms with Gasteiger partial charge in [-0.1, -0.05) is 84.9 Å². The molecule has 0 aromatic heterocycles. The van der Waals surface area contributed by atoms with Crippen LogP contribution in [0.2, 0.25) is 0 Å². The van der Waals surface area contributed by atoms with Gasteiger partial charge in [0.1, 0.15) is 18.4 Å². The summed E-state index contributed by atoms with van der Waals surface area (Å²) in [7, 11) is 0. The van der Waals surface area contributed by atoms with Crippen LogP contribution in [0.1, 0.15) is 17.2 Å². The van der Waals surface area contributed by atoms with Crippen LogP contribution in [0.3, 0.4) is 0 Å². The SMILES string of the molecule is Oc1ccc2ccccc2c1-c1c([C@H]2COC(c3ccccc3)=N2)ccc2ccccc12. The Morgan fingerprint density at radius 1 is 0.656 bits per heavy atom. The molecule has 3 nitrogen and oxygen atoms in total. The molecular formula is C29H21NO2. The third kappa shape index (κ3) is 3.02. The van der Waals surface area contributed by atoms with Crippen LogP contribution in [0.15, 0.2) is 108 Å². The molecule has 32 heavy (non-hydrogen) atoms. The van der Waals surface area contributed by atoms with Crippen molar-refractivity contribution < 1.29 is 9.84 Å². The molecule has 0 bridgehead atoms. The second-order valence-electron chi connectivity index (χ2n) is 8.06. The predicted molar refractivity (Wildman–Crippen MR) is 130 cm³/mol. The van der Waals surface area contributed by atoms with Gasteiger partial charge in [0, 0.05) is 11.1 Å². The molecule has 0 radical (unpaired) electrons. The standard InChI is InChI=1S/C29H21NO2/c31-26-17-15-20-9-5-7-13-23(20)28(26)27-22-12-6-4-8-19(22)14-16-24(27)25-18-32-29(30-25)21-10-2-1-3-11-21/h1-17,25,31H,18H2/t25-/m1/s1. The van der Waals surface area contributed by atoms with Gasteiger partial charge in [-0.25, -0.2) is 4.99 Å². The highest BCUT2D eigenvalue weighted by atomic mass is 16.5. The smallest absolute Gasteiger partial charge is 0.216 e. The average Bonchev–Trinajstić information content (AvgIpc) is 3.34. The Bertz CT molecular complexity index is 1490. The van der Waals surface area contributed by atoms with Gasteiger partial charge < -0.3 is 9.84 Å². The third-order valence-corrected chi connectivity index (χ3v) is 6.15. The molecule has 5 aromatic rings. The molecule has 154 valence electrons. The predicted octanol–water partition coefficient (Wildman–Crippen LogP) is 6.88. The van der Waals surface area contributed by atoms with Gasteiger partial charge >= 0.3 is 0 Å². The molecule has 6 rings (SSSR count). The van der Waals surface area contributed by atoms with Crippen LogP contribution < -0.4 is 0 Å². The Hall–Kier alpha value is -4.11. The molecule has 0 fully saturated rings. The first-order chi connectivity index (χ1) is 15.8. The van der Waals surface area contributed by atoms with Crippen molar-refractivity contribution in [3.05, 3.63) is 114 Å². The summed E-state index contributed by atoms with van der Waals surface area (Å²) in [6, 6.07) is 34.3. The van der Waals surface area contributed by atoms with Crippen LogP contribution in [0.5, 0.6) is 5.75 Å². The van der Waals surface area contributed by atoms with E-state index < -0.39 is 0 Å². The van der Waals surface area contributed by atoms with E-state index in [4.69, 9.17) is 9.73 Å². The van der Waals surface area contributed by atoms with Crippen LogP contribution in [-0.4, -0.2) is 17.6 Å². The van der Waals surface area contributed by atoms with E-state index in [1.165, 1.54) is 0 Å². The van der Waals surface area contributed by atoms with Crippen molar-refractivity contribution in [2.45, 2.75) is 6.04 Å². The van der Waals surface area contributed by atoms with Gasteiger partial charge in [0.25, 0.3) is 0 Å². The fourth-order valence-corrected chi connectivity index (χ4v) is 4.64. The van der Waals surface area contributed by atoms with Crippen molar-refractivity contribution in [1.29, 1.82) is 0 Å². The maximum atomic E-state index is 11.1. The molecule has 0 spiro atoms. The van der Waals surface area contributed by atoms with Gasteiger partial charge in [0.2, 0.25) is 5.90 Å². The van der Waals surface area contributed by atoms with Gasteiger partial charge in [0.15, 0.2) is 0 Å². The molecule has 1 aliphatic rings. The maximum absolute atomic E-state index is 11.1. The normalized spacial score (nSPS) is 15.6. The molecule has 1 atom stereocenters. The van der Waals surface area contributed by atoms with Crippen LogP contribution >= 0.6 is 0 Å². The van der Waals surface area contributed by atoms with Crippen molar-refractivity contribution in [3.8, 4) is 16.9 Å². The summed E-state index contributed by atoms with van der Waals surface area (Å²) in [4.78, 5) is 4.94. The highest BCUT2D eigenvalue weighted by molar-refractivity contribution is 6.09. The van der Waals surface area contributed by atoms with Crippen LogP contribution in [0.25, 0.3) is 32.7 Å². The van der Waals surface area contributed by atoms with Crippen molar-refractivity contribution in [1.82, 2.24) is 0 Å². The minimum atomic E-state index is -0.150. The highest BCUT2D eigenvalue weighted by Gasteiger charge is 2.27. The Morgan fingerprint density at radius 3 is 2.03 bits per heavy atom. The highest BCUT2D eigenvalue weighted by Crippen LogP contribution is 2.45. The van der Waals surface area contributed by atoms with Crippen LogP contribution in [0, 0.1) is 0 Å². The topological polar surface area (TPSA) is 41.8 Å².